The van der Waals surface area contributed by atoms with Gasteiger partial charge < -0.3 is 4.90 Å². The summed E-state index contributed by atoms with van der Waals surface area (Å²) in [6.07, 6.45) is 0. The Labute approximate surface area is 200 Å². The van der Waals surface area contributed by atoms with Crippen LogP contribution in [-0.2, 0) is 10.8 Å². The van der Waals surface area contributed by atoms with Crippen LogP contribution >= 0.6 is 0 Å². The average molecular weight is 454 g/mol. The number of nitrogens with zero attached hydrogens (tertiary/aromatic N) is 1. The zero-order valence-corrected chi connectivity index (χ0v) is 20.0. The second-order valence-corrected chi connectivity index (χ2v) is 10.1. The molecule has 1 aliphatic rings. The number of para-hydroxylation sites is 3. The van der Waals surface area contributed by atoms with E-state index in [1.807, 2.05) is 66.7 Å². The predicted molar refractivity (Wildman–Crippen MR) is 138 cm³/mol. The zero-order valence-electron chi connectivity index (χ0n) is 20.0. The molecule has 0 saturated heterocycles. The summed E-state index contributed by atoms with van der Waals surface area (Å²) in [6, 6.07) is 34.5. The summed E-state index contributed by atoms with van der Waals surface area (Å²) in [4.78, 5) is 2.21. The highest BCUT2D eigenvalue weighted by Crippen LogP contribution is 2.60. The molecule has 4 aromatic rings. The largest absolute Gasteiger partial charge is 0.310 e. The van der Waals surface area contributed by atoms with Gasteiger partial charge in [-0.2, -0.15) is 0 Å². The molecule has 0 radical (unpaired) electrons. The van der Waals surface area contributed by atoms with Crippen molar-refractivity contribution in [2.24, 2.45) is 0 Å². The van der Waals surface area contributed by atoms with Crippen molar-refractivity contribution >= 4 is 17.1 Å². The summed E-state index contributed by atoms with van der Waals surface area (Å²) >= 11 is 0. The van der Waals surface area contributed by atoms with E-state index in [0.717, 1.165) is 39.3 Å². The molecule has 1 aliphatic carbocycles. The summed E-state index contributed by atoms with van der Waals surface area (Å²) in [5.74, 6) is -2.85. The molecule has 0 aromatic heterocycles. The number of anilines is 3. The van der Waals surface area contributed by atoms with Crippen LogP contribution in [0.3, 0.4) is 0 Å². The Morgan fingerprint density at radius 1 is 0.559 bits per heavy atom. The first-order valence-corrected chi connectivity index (χ1v) is 11.7. The number of alkyl halides is 2. The molecule has 172 valence electrons. The van der Waals surface area contributed by atoms with Crippen molar-refractivity contribution in [3.63, 3.8) is 0 Å². The number of halogens is 2. The molecule has 34 heavy (non-hydrogen) atoms. The number of fused-ring (bicyclic) bond motifs is 1. The molecule has 3 heteroatoms. The fourth-order valence-electron chi connectivity index (χ4n) is 5.39. The highest BCUT2D eigenvalue weighted by atomic mass is 19.3. The average Bonchev–Trinajstić information content (AvgIpc) is 2.95. The minimum Gasteiger partial charge on any atom is -0.310 e. The Bertz CT molecular complexity index is 1280. The van der Waals surface area contributed by atoms with E-state index >= 15 is 8.78 Å². The van der Waals surface area contributed by atoms with Crippen molar-refractivity contribution < 1.29 is 8.78 Å². The van der Waals surface area contributed by atoms with Gasteiger partial charge in [0.25, 0.3) is 5.92 Å². The van der Waals surface area contributed by atoms with Crippen LogP contribution < -0.4 is 4.90 Å². The maximum Gasteiger partial charge on any atom is 0.266 e. The summed E-state index contributed by atoms with van der Waals surface area (Å²) in [6.45, 7) is 6.63. The van der Waals surface area contributed by atoms with Crippen LogP contribution in [0.4, 0.5) is 25.8 Å². The van der Waals surface area contributed by atoms with E-state index < -0.39 is 16.8 Å². The topological polar surface area (TPSA) is 3.24 Å². The monoisotopic (exact) mass is 453 g/mol. The van der Waals surface area contributed by atoms with Gasteiger partial charge in [0.15, 0.2) is 0 Å². The Morgan fingerprint density at radius 2 is 1.06 bits per heavy atom. The van der Waals surface area contributed by atoms with Crippen LogP contribution in [0, 0.1) is 0 Å². The lowest BCUT2D eigenvalue weighted by molar-refractivity contribution is -0.105. The van der Waals surface area contributed by atoms with Gasteiger partial charge in [-0.05, 0) is 74.7 Å². The van der Waals surface area contributed by atoms with Gasteiger partial charge in [-0.1, -0.05) is 72.8 Å². The van der Waals surface area contributed by atoms with Crippen LogP contribution in [-0.4, -0.2) is 5.92 Å². The standard InChI is InChI=1S/C31H29F2N/c1-29(2)26-20-19-22(21-27(26)30(3,4)31(29,32)33)25-17-11-12-18-28(25)34(23-13-7-5-8-14-23)24-15-9-6-10-16-24/h5-21H,1-4H3. The minimum atomic E-state index is -2.85. The summed E-state index contributed by atoms with van der Waals surface area (Å²) in [5, 5.41) is 0. The first-order valence-electron chi connectivity index (χ1n) is 11.7. The smallest absolute Gasteiger partial charge is 0.266 e. The lowest BCUT2D eigenvalue weighted by Crippen LogP contribution is -2.46. The maximum absolute atomic E-state index is 15.5. The number of rotatable bonds is 4. The van der Waals surface area contributed by atoms with Gasteiger partial charge in [-0.3, -0.25) is 0 Å². The first kappa shape index (κ1) is 22.3. The quantitative estimate of drug-likeness (QED) is 0.298. The third-order valence-electron chi connectivity index (χ3n) is 7.42. The molecule has 0 bridgehead atoms. The third-order valence-corrected chi connectivity index (χ3v) is 7.42. The van der Waals surface area contributed by atoms with Gasteiger partial charge >= 0.3 is 0 Å². The van der Waals surface area contributed by atoms with E-state index in [2.05, 4.69) is 41.3 Å². The Morgan fingerprint density at radius 3 is 1.65 bits per heavy atom. The molecule has 0 saturated carbocycles. The molecule has 4 aromatic carbocycles. The normalized spacial score (nSPS) is 17.2. The van der Waals surface area contributed by atoms with Crippen molar-refractivity contribution in [2.75, 3.05) is 4.90 Å². The Kier molecular flexibility index (Phi) is 5.12. The summed E-state index contributed by atoms with van der Waals surface area (Å²) in [5.41, 5.74) is 3.99. The molecule has 5 rings (SSSR count). The Balaban J connectivity index is 1.71. The van der Waals surface area contributed by atoms with Crippen LogP contribution in [0.25, 0.3) is 11.1 Å². The summed E-state index contributed by atoms with van der Waals surface area (Å²) < 4.78 is 30.9. The highest BCUT2D eigenvalue weighted by molar-refractivity contribution is 5.88. The van der Waals surface area contributed by atoms with Gasteiger partial charge in [0.1, 0.15) is 0 Å². The number of benzene rings is 4. The van der Waals surface area contributed by atoms with E-state index in [0.29, 0.717) is 0 Å². The van der Waals surface area contributed by atoms with E-state index in [1.165, 1.54) is 0 Å². The van der Waals surface area contributed by atoms with E-state index in [9.17, 15) is 0 Å². The molecule has 1 nitrogen and oxygen atoms in total. The maximum atomic E-state index is 15.5. The second kappa shape index (κ2) is 7.80. The molecule has 0 heterocycles. The van der Waals surface area contributed by atoms with Gasteiger partial charge in [-0.25, -0.2) is 8.78 Å². The molecule has 0 amide bonds. The molecule has 0 fully saturated rings. The van der Waals surface area contributed by atoms with Crippen LogP contribution in [0.2, 0.25) is 0 Å². The van der Waals surface area contributed by atoms with Gasteiger partial charge in [0, 0.05) is 16.9 Å². The first-order chi connectivity index (χ1) is 16.2. The molecule has 0 unspecified atom stereocenters. The molecule has 0 spiro atoms. The molecule has 0 N–H and O–H groups in total. The van der Waals surface area contributed by atoms with Crippen LogP contribution in [0.1, 0.15) is 38.8 Å². The molecular formula is C31H29F2N. The molecule has 0 atom stereocenters. The van der Waals surface area contributed by atoms with E-state index in [1.54, 1.807) is 27.7 Å². The van der Waals surface area contributed by atoms with Gasteiger partial charge in [-0.15, -0.1) is 0 Å². The fourth-order valence-corrected chi connectivity index (χ4v) is 5.39. The number of hydrogen-bond acceptors (Lipinski definition) is 1. The van der Waals surface area contributed by atoms with Crippen LogP contribution in [0.5, 0.6) is 0 Å². The second-order valence-electron chi connectivity index (χ2n) is 10.1. The lowest BCUT2D eigenvalue weighted by atomic mass is 9.77. The van der Waals surface area contributed by atoms with Crippen molar-refractivity contribution in [1.29, 1.82) is 0 Å². The van der Waals surface area contributed by atoms with Crippen molar-refractivity contribution in [3.8, 4) is 11.1 Å². The van der Waals surface area contributed by atoms with Crippen molar-refractivity contribution in [3.05, 3.63) is 114 Å². The minimum absolute atomic E-state index is 0.723. The molecular weight excluding hydrogens is 424 g/mol. The van der Waals surface area contributed by atoms with Crippen molar-refractivity contribution in [1.82, 2.24) is 0 Å². The SMILES string of the molecule is CC1(C)c2ccc(-c3ccccc3N(c3ccccc3)c3ccccc3)cc2C(C)(C)C1(F)F. The van der Waals surface area contributed by atoms with Gasteiger partial charge in [0.05, 0.1) is 16.5 Å². The van der Waals surface area contributed by atoms with Crippen LogP contribution in [0.15, 0.2) is 103 Å². The predicted octanol–water partition coefficient (Wildman–Crippen LogP) is 9.03. The van der Waals surface area contributed by atoms with Crippen molar-refractivity contribution in [2.45, 2.75) is 44.4 Å². The highest BCUT2D eigenvalue weighted by Gasteiger charge is 2.65. The van der Waals surface area contributed by atoms with E-state index in [4.69, 9.17) is 0 Å². The fraction of sp³-hybridized carbons (Fsp3) is 0.226. The summed E-state index contributed by atoms with van der Waals surface area (Å²) in [7, 11) is 0. The molecule has 0 aliphatic heterocycles. The Hall–Kier alpha value is -3.46. The number of hydrogen-bond donors (Lipinski definition) is 0. The van der Waals surface area contributed by atoms with Gasteiger partial charge in [0.2, 0.25) is 0 Å². The van der Waals surface area contributed by atoms with E-state index in [-0.39, 0.29) is 0 Å². The zero-order chi connectivity index (χ0) is 24.1. The lowest BCUT2D eigenvalue weighted by Gasteiger charge is -2.35. The third kappa shape index (κ3) is 3.18.